The lowest BCUT2D eigenvalue weighted by molar-refractivity contribution is 0.382. The summed E-state index contributed by atoms with van der Waals surface area (Å²) in [5.74, 6) is -0.137. The molecular formula is C16H18FNO. The van der Waals surface area contributed by atoms with Crippen molar-refractivity contribution in [3.05, 3.63) is 65.0 Å². The molecule has 0 fully saturated rings. The van der Waals surface area contributed by atoms with Crippen LogP contribution in [0.4, 0.5) is 4.39 Å². The Kier molecular flexibility index (Phi) is 4.17. The molecule has 2 nitrogen and oxygen atoms in total. The first-order chi connectivity index (χ1) is 9.11. The van der Waals surface area contributed by atoms with Crippen LogP contribution in [0.15, 0.2) is 42.5 Å². The minimum absolute atomic E-state index is 0.234. The molecule has 0 saturated carbocycles. The first-order valence-corrected chi connectivity index (χ1v) is 6.25. The summed E-state index contributed by atoms with van der Waals surface area (Å²) in [6, 6.07) is 12.8. The van der Waals surface area contributed by atoms with Gasteiger partial charge in [-0.25, -0.2) is 4.39 Å². The zero-order valence-electron chi connectivity index (χ0n) is 11.2. The standard InChI is InChI=1S/C16H18FNO/c1-11-5-3-6-12(9-11)10-14(18)13-7-4-8-15(19-2)16(13)17/h3-9,14H,10,18H2,1-2H3. The maximum atomic E-state index is 14.1. The van der Waals surface area contributed by atoms with E-state index in [0.29, 0.717) is 12.0 Å². The topological polar surface area (TPSA) is 35.2 Å². The minimum atomic E-state index is -0.378. The Balaban J connectivity index is 2.23. The van der Waals surface area contributed by atoms with Crippen molar-refractivity contribution in [3.63, 3.8) is 0 Å². The Morgan fingerprint density at radius 3 is 2.63 bits per heavy atom. The molecule has 0 radical (unpaired) electrons. The van der Waals surface area contributed by atoms with Crippen LogP contribution in [0.25, 0.3) is 0 Å². The van der Waals surface area contributed by atoms with Crippen molar-refractivity contribution in [2.24, 2.45) is 5.73 Å². The highest BCUT2D eigenvalue weighted by Crippen LogP contribution is 2.25. The smallest absolute Gasteiger partial charge is 0.169 e. The van der Waals surface area contributed by atoms with Crippen molar-refractivity contribution in [3.8, 4) is 5.75 Å². The van der Waals surface area contributed by atoms with Crippen LogP contribution in [0.3, 0.4) is 0 Å². The molecule has 0 amide bonds. The number of aryl methyl sites for hydroxylation is 1. The highest BCUT2D eigenvalue weighted by molar-refractivity contribution is 5.34. The molecular weight excluding hydrogens is 241 g/mol. The van der Waals surface area contributed by atoms with E-state index in [1.54, 1.807) is 18.2 Å². The largest absolute Gasteiger partial charge is 0.494 e. The van der Waals surface area contributed by atoms with Gasteiger partial charge in [-0.15, -0.1) is 0 Å². The Hall–Kier alpha value is -1.87. The molecule has 0 aliphatic carbocycles. The number of nitrogens with two attached hydrogens (primary N) is 1. The summed E-state index contributed by atoms with van der Waals surface area (Å²) < 4.78 is 19.1. The number of hydrogen-bond donors (Lipinski definition) is 1. The quantitative estimate of drug-likeness (QED) is 0.913. The van der Waals surface area contributed by atoms with E-state index in [0.717, 1.165) is 5.56 Å². The third kappa shape index (κ3) is 3.12. The molecule has 19 heavy (non-hydrogen) atoms. The number of halogens is 1. The van der Waals surface area contributed by atoms with Crippen molar-refractivity contribution in [1.29, 1.82) is 0 Å². The molecule has 2 rings (SSSR count). The molecule has 0 aliphatic rings. The number of ether oxygens (including phenoxy) is 1. The fraction of sp³-hybridized carbons (Fsp3) is 0.250. The van der Waals surface area contributed by atoms with Crippen molar-refractivity contribution < 1.29 is 9.13 Å². The first kappa shape index (κ1) is 13.6. The number of methoxy groups -OCH3 is 1. The number of benzene rings is 2. The van der Waals surface area contributed by atoms with Gasteiger partial charge in [-0.1, -0.05) is 42.0 Å². The van der Waals surface area contributed by atoms with E-state index in [1.807, 2.05) is 25.1 Å². The van der Waals surface area contributed by atoms with Crippen molar-refractivity contribution >= 4 is 0 Å². The van der Waals surface area contributed by atoms with Crippen LogP contribution in [-0.4, -0.2) is 7.11 Å². The van der Waals surface area contributed by atoms with Crippen molar-refractivity contribution in [2.75, 3.05) is 7.11 Å². The Labute approximate surface area is 113 Å². The van der Waals surface area contributed by atoms with E-state index in [9.17, 15) is 4.39 Å². The summed E-state index contributed by atoms with van der Waals surface area (Å²) in [7, 11) is 1.45. The zero-order chi connectivity index (χ0) is 13.8. The summed E-state index contributed by atoms with van der Waals surface area (Å²) in [6.45, 7) is 2.03. The van der Waals surface area contributed by atoms with Crippen LogP contribution < -0.4 is 10.5 Å². The van der Waals surface area contributed by atoms with Crippen LogP contribution in [0.5, 0.6) is 5.75 Å². The summed E-state index contributed by atoms with van der Waals surface area (Å²) in [4.78, 5) is 0. The van der Waals surface area contributed by atoms with Gasteiger partial charge in [-0.05, 0) is 25.0 Å². The van der Waals surface area contributed by atoms with Gasteiger partial charge in [-0.3, -0.25) is 0 Å². The van der Waals surface area contributed by atoms with Gasteiger partial charge < -0.3 is 10.5 Å². The second-order valence-corrected chi connectivity index (χ2v) is 4.66. The van der Waals surface area contributed by atoms with Crippen LogP contribution in [0.1, 0.15) is 22.7 Å². The summed E-state index contributed by atoms with van der Waals surface area (Å²) in [6.07, 6.45) is 0.603. The molecule has 0 bridgehead atoms. The van der Waals surface area contributed by atoms with E-state index in [1.165, 1.54) is 12.7 Å². The van der Waals surface area contributed by atoms with Gasteiger partial charge in [0, 0.05) is 11.6 Å². The molecule has 1 atom stereocenters. The third-order valence-electron chi connectivity index (χ3n) is 3.15. The predicted octanol–water partition coefficient (Wildman–Crippen LogP) is 3.39. The third-order valence-corrected chi connectivity index (χ3v) is 3.15. The Morgan fingerprint density at radius 2 is 1.95 bits per heavy atom. The second-order valence-electron chi connectivity index (χ2n) is 4.66. The molecule has 2 N–H and O–H groups in total. The molecule has 0 heterocycles. The highest BCUT2D eigenvalue weighted by atomic mass is 19.1. The number of rotatable bonds is 4. The van der Waals surface area contributed by atoms with E-state index in [4.69, 9.17) is 10.5 Å². The van der Waals surface area contributed by atoms with Crippen LogP contribution >= 0.6 is 0 Å². The average molecular weight is 259 g/mol. The molecule has 2 aromatic carbocycles. The molecule has 0 aromatic heterocycles. The lowest BCUT2D eigenvalue weighted by Gasteiger charge is -2.15. The van der Waals surface area contributed by atoms with E-state index in [2.05, 4.69) is 6.07 Å². The SMILES string of the molecule is COc1cccc(C(N)Cc2cccc(C)c2)c1F. The normalized spacial score (nSPS) is 12.2. The highest BCUT2D eigenvalue weighted by Gasteiger charge is 2.15. The van der Waals surface area contributed by atoms with Gasteiger partial charge in [0.25, 0.3) is 0 Å². The van der Waals surface area contributed by atoms with E-state index < -0.39 is 0 Å². The maximum Gasteiger partial charge on any atom is 0.169 e. The summed E-state index contributed by atoms with van der Waals surface area (Å²) in [5, 5.41) is 0. The van der Waals surface area contributed by atoms with Crippen molar-refractivity contribution in [1.82, 2.24) is 0 Å². The summed E-state index contributed by atoms with van der Waals surface area (Å²) >= 11 is 0. The first-order valence-electron chi connectivity index (χ1n) is 6.25. The molecule has 0 saturated heterocycles. The van der Waals surface area contributed by atoms with E-state index in [-0.39, 0.29) is 17.6 Å². The van der Waals surface area contributed by atoms with E-state index >= 15 is 0 Å². The fourth-order valence-corrected chi connectivity index (χ4v) is 2.17. The van der Waals surface area contributed by atoms with Crippen LogP contribution in [0.2, 0.25) is 0 Å². The maximum absolute atomic E-state index is 14.1. The van der Waals surface area contributed by atoms with Gasteiger partial charge in [0.15, 0.2) is 11.6 Å². The molecule has 100 valence electrons. The second kappa shape index (κ2) is 5.85. The van der Waals surface area contributed by atoms with Crippen molar-refractivity contribution in [2.45, 2.75) is 19.4 Å². The molecule has 0 aliphatic heterocycles. The van der Waals surface area contributed by atoms with Gasteiger partial charge in [0.05, 0.1) is 7.11 Å². The summed E-state index contributed by atoms with van der Waals surface area (Å²) in [5.41, 5.74) is 8.88. The van der Waals surface area contributed by atoms with Gasteiger partial charge >= 0.3 is 0 Å². The predicted molar refractivity (Wildman–Crippen MR) is 74.8 cm³/mol. The molecule has 3 heteroatoms. The van der Waals surface area contributed by atoms with Gasteiger partial charge in [0.2, 0.25) is 0 Å². The van der Waals surface area contributed by atoms with Crippen LogP contribution in [-0.2, 0) is 6.42 Å². The van der Waals surface area contributed by atoms with Crippen LogP contribution in [0, 0.1) is 12.7 Å². The lowest BCUT2D eigenvalue weighted by Crippen LogP contribution is -2.15. The molecule has 1 unspecified atom stereocenters. The number of hydrogen-bond acceptors (Lipinski definition) is 2. The lowest BCUT2D eigenvalue weighted by atomic mass is 9.98. The monoisotopic (exact) mass is 259 g/mol. The van der Waals surface area contributed by atoms with Gasteiger partial charge in [0.1, 0.15) is 0 Å². The Bertz CT molecular complexity index is 568. The zero-order valence-corrected chi connectivity index (χ0v) is 11.2. The average Bonchev–Trinajstić information content (AvgIpc) is 2.39. The minimum Gasteiger partial charge on any atom is -0.494 e. The van der Waals surface area contributed by atoms with Gasteiger partial charge in [-0.2, -0.15) is 0 Å². The fourth-order valence-electron chi connectivity index (χ4n) is 2.17. The molecule has 0 spiro atoms. The Morgan fingerprint density at radius 1 is 1.21 bits per heavy atom. The molecule has 2 aromatic rings.